The fourth-order valence-electron chi connectivity index (χ4n) is 2.67. The minimum Gasteiger partial charge on any atom is -0.298 e. The summed E-state index contributed by atoms with van der Waals surface area (Å²) >= 11 is 0. The van der Waals surface area contributed by atoms with Crippen LogP contribution in [0.25, 0.3) is 0 Å². The molecule has 0 aromatic heterocycles. The molecule has 3 nitrogen and oxygen atoms in total. The number of carbonyl (C=O) groups is 2. The molecule has 0 aliphatic rings. The molecule has 0 heterocycles. The van der Waals surface area contributed by atoms with Crippen LogP contribution in [0.5, 0.6) is 0 Å². The van der Waals surface area contributed by atoms with E-state index >= 15 is 0 Å². The van der Waals surface area contributed by atoms with Crippen LogP contribution in [-0.4, -0.2) is 36.6 Å². The molecule has 0 fully saturated rings. The average molecular weight is 347 g/mol. The predicted octanol–water partition coefficient (Wildman–Crippen LogP) is 4.41. The summed E-state index contributed by atoms with van der Waals surface area (Å²) in [5.74, 6) is -0.153. The standard InChI is InChI=1S/C23H25NO2/c1-16-6-10-20(11-7-16)22(25)18(3)14-24(5)15-19(4)23(26)21-12-8-17(2)9-13-21/h6-13H,3-4,14-15H2,1-2,5H3. The van der Waals surface area contributed by atoms with Crippen LogP contribution < -0.4 is 0 Å². The molecule has 0 amide bonds. The molecule has 0 aliphatic carbocycles. The van der Waals surface area contributed by atoms with E-state index in [1.807, 2.05) is 74.3 Å². The van der Waals surface area contributed by atoms with Gasteiger partial charge in [-0.2, -0.15) is 0 Å². The quantitative estimate of drug-likeness (QED) is 0.524. The summed E-state index contributed by atoms with van der Waals surface area (Å²) in [5.41, 5.74) is 4.45. The van der Waals surface area contributed by atoms with Crippen LogP contribution in [-0.2, 0) is 0 Å². The van der Waals surface area contributed by atoms with Crippen molar-refractivity contribution < 1.29 is 9.59 Å². The Balaban J connectivity index is 1.93. The van der Waals surface area contributed by atoms with Gasteiger partial charge in [-0.25, -0.2) is 0 Å². The minimum absolute atomic E-state index is 0.0766. The van der Waals surface area contributed by atoms with Crippen LogP contribution in [0.4, 0.5) is 0 Å². The molecule has 26 heavy (non-hydrogen) atoms. The van der Waals surface area contributed by atoms with Crippen molar-refractivity contribution in [3.05, 3.63) is 95.1 Å². The smallest absolute Gasteiger partial charge is 0.189 e. The van der Waals surface area contributed by atoms with Gasteiger partial charge in [-0.3, -0.25) is 14.5 Å². The van der Waals surface area contributed by atoms with Crippen LogP contribution in [0, 0.1) is 13.8 Å². The Morgan fingerprint density at radius 2 is 1.04 bits per heavy atom. The monoisotopic (exact) mass is 347 g/mol. The Hall–Kier alpha value is -2.78. The van der Waals surface area contributed by atoms with E-state index in [0.29, 0.717) is 35.4 Å². The zero-order valence-corrected chi connectivity index (χ0v) is 15.7. The predicted molar refractivity (Wildman–Crippen MR) is 107 cm³/mol. The van der Waals surface area contributed by atoms with Gasteiger partial charge in [-0.05, 0) is 20.9 Å². The largest absolute Gasteiger partial charge is 0.298 e. The first kappa shape index (κ1) is 19.5. The van der Waals surface area contributed by atoms with Crippen molar-refractivity contribution in [1.82, 2.24) is 4.90 Å². The van der Waals surface area contributed by atoms with Gasteiger partial charge in [-0.15, -0.1) is 0 Å². The van der Waals surface area contributed by atoms with Gasteiger partial charge in [0.25, 0.3) is 0 Å². The van der Waals surface area contributed by atoms with Crippen molar-refractivity contribution >= 4 is 11.6 Å². The summed E-state index contributed by atoms with van der Waals surface area (Å²) in [5, 5.41) is 0. The highest BCUT2D eigenvalue weighted by Gasteiger charge is 2.15. The van der Waals surface area contributed by atoms with Crippen molar-refractivity contribution in [2.75, 3.05) is 20.1 Å². The summed E-state index contributed by atoms with van der Waals surface area (Å²) in [6.07, 6.45) is 0. The van der Waals surface area contributed by atoms with Gasteiger partial charge in [0, 0.05) is 35.4 Å². The molecule has 0 radical (unpaired) electrons. The van der Waals surface area contributed by atoms with E-state index in [1.165, 1.54) is 0 Å². The van der Waals surface area contributed by atoms with E-state index in [1.54, 1.807) is 0 Å². The van der Waals surface area contributed by atoms with Gasteiger partial charge in [0.2, 0.25) is 0 Å². The van der Waals surface area contributed by atoms with Gasteiger partial charge in [0.15, 0.2) is 11.6 Å². The van der Waals surface area contributed by atoms with Gasteiger partial charge < -0.3 is 0 Å². The first-order chi connectivity index (χ1) is 12.3. The molecule has 3 heteroatoms. The number of rotatable bonds is 8. The van der Waals surface area contributed by atoms with Gasteiger partial charge in [0.1, 0.15) is 0 Å². The van der Waals surface area contributed by atoms with E-state index in [-0.39, 0.29) is 11.6 Å². The van der Waals surface area contributed by atoms with Crippen LogP contribution in [0.15, 0.2) is 72.8 Å². The SMILES string of the molecule is C=C(CN(C)CC(=C)C(=O)c1ccc(C)cc1)C(=O)c1ccc(C)cc1. The molecule has 0 unspecified atom stereocenters. The second-order valence-electron chi connectivity index (χ2n) is 6.77. The third kappa shape index (κ3) is 5.11. The number of carbonyl (C=O) groups excluding carboxylic acids is 2. The minimum atomic E-state index is -0.0766. The molecule has 134 valence electrons. The van der Waals surface area contributed by atoms with Crippen LogP contribution in [0.2, 0.25) is 0 Å². The van der Waals surface area contributed by atoms with Gasteiger partial charge in [-0.1, -0.05) is 72.8 Å². The first-order valence-corrected chi connectivity index (χ1v) is 8.54. The van der Waals surface area contributed by atoms with E-state index in [2.05, 4.69) is 13.2 Å². The second-order valence-corrected chi connectivity index (χ2v) is 6.77. The molecule has 0 aliphatic heterocycles. The normalized spacial score (nSPS) is 10.6. The average Bonchev–Trinajstić information content (AvgIpc) is 2.61. The molecular weight excluding hydrogens is 322 g/mol. The number of ketones is 2. The molecule has 0 bridgehead atoms. The Labute approximate surface area is 155 Å². The van der Waals surface area contributed by atoms with Crippen LogP contribution in [0.3, 0.4) is 0 Å². The van der Waals surface area contributed by atoms with E-state index in [0.717, 1.165) is 11.1 Å². The molecule has 0 N–H and O–H groups in total. The lowest BCUT2D eigenvalue weighted by molar-refractivity contribution is 0.102. The third-order valence-electron chi connectivity index (χ3n) is 4.19. The zero-order chi connectivity index (χ0) is 19.3. The number of aryl methyl sites for hydroxylation is 2. The molecule has 0 saturated heterocycles. The van der Waals surface area contributed by atoms with Crippen LogP contribution >= 0.6 is 0 Å². The lowest BCUT2D eigenvalue weighted by atomic mass is 10.0. The van der Waals surface area contributed by atoms with E-state index in [9.17, 15) is 9.59 Å². The molecule has 0 spiro atoms. The summed E-state index contributed by atoms with van der Waals surface area (Å²) in [6, 6.07) is 14.9. The highest BCUT2D eigenvalue weighted by Crippen LogP contribution is 2.12. The summed E-state index contributed by atoms with van der Waals surface area (Å²) in [6.45, 7) is 12.5. The third-order valence-corrected chi connectivity index (χ3v) is 4.19. The number of Topliss-reactive ketones (excluding diaryl/α,β-unsaturated/α-hetero) is 2. The van der Waals surface area contributed by atoms with Crippen molar-refractivity contribution in [2.24, 2.45) is 0 Å². The maximum absolute atomic E-state index is 12.4. The Bertz CT molecular complexity index is 758. The maximum atomic E-state index is 12.4. The number of hydrogen-bond acceptors (Lipinski definition) is 3. The van der Waals surface area contributed by atoms with Gasteiger partial charge in [0.05, 0.1) is 0 Å². The molecule has 0 atom stereocenters. The van der Waals surface area contributed by atoms with E-state index in [4.69, 9.17) is 0 Å². The molecular formula is C23H25NO2. The lowest BCUT2D eigenvalue weighted by Crippen LogP contribution is -2.27. The van der Waals surface area contributed by atoms with E-state index < -0.39 is 0 Å². The zero-order valence-electron chi connectivity index (χ0n) is 15.7. The molecule has 2 aromatic carbocycles. The van der Waals surface area contributed by atoms with Crippen molar-refractivity contribution in [3.63, 3.8) is 0 Å². The second kappa shape index (κ2) is 8.54. The van der Waals surface area contributed by atoms with Crippen molar-refractivity contribution in [1.29, 1.82) is 0 Å². The first-order valence-electron chi connectivity index (χ1n) is 8.54. The van der Waals surface area contributed by atoms with Gasteiger partial charge >= 0.3 is 0 Å². The Morgan fingerprint density at radius 3 is 1.35 bits per heavy atom. The number of benzene rings is 2. The molecule has 2 aromatic rings. The summed E-state index contributed by atoms with van der Waals surface area (Å²) < 4.78 is 0. The van der Waals surface area contributed by atoms with Crippen molar-refractivity contribution in [3.8, 4) is 0 Å². The van der Waals surface area contributed by atoms with Crippen molar-refractivity contribution in [2.45, 2.75) is 13.8 Å². The Kier molecular flexibility index (Phi) is 6.42. The highest BCUT2D eigenvalue weighted by atomic mass is 16.1. The Morgan fingerprint density at radius 1 is 0.731 bits per heavy atom. The summed E-state index contributed by atoms with van der Waals surface area (Å²) in [4.78, 5) is 26.8. The summed E-state index contributed by atoms with van der Waals surface area (Å²) in [7, 11) is 1.85. The fourth-order valence-corrected chi connectivity index (χ4v) is 2.67. The number of hydrogen-bond donors (Lipinski definition) is 0. The molecule has 2 rings (SSSR count). The molecule has 0 saturated carbocycles. The van der Waals surface area contributed by atoms with Crippen LogP contribution in [0.1, 0.15) is 31.8 Å². The lowest BCUT2D eigenvalue weighted by Gasteiger charge is -2.18. The highest BCUT2D eigenvalue weighted by molar-refractivity contribution is 6.09. The fraction of sp³-hybridized carbons (Fsp3) is 0.217. The number of nitrogens with zero attached hydrogens (tertiary/aromatic N) is 1. The maximum Gasteiger partial charge on any atom is 0.189 e. The topological polar surface area (TPSA) is 37.4 Å². The number of likely N-dealkylation sites (N-methyl/N-ethyl adjacent to an activating group) is 1.